The van der Waals surface area contributed by atoms with Crippen molar-refractivity contribution < 1.29 is 26.4 Å². The first-order chi connectivity index (χ1) is 15.5. The molecule has 0 saturated carbocycles. The number of hydrogen-bond donors (Lipinski definition) is 2. The minimum Gasteiger partial charge on any atom is -0.379 e. The van der Waals surface area contributed by atoms with E-state index in [1.165, 1.54) is 16.4 Å². The lowest BCUT2D eigenvalue weighted by molar-refractivity contribution is 0.0730. The number of anilines is 2. The fourth-order valence-corrected chi connectivity index (χ4v) is 6.13. The van der Waals surface area contributed by atoms with Crippen molar-refractivity contribution in [1.82, 2.24) is 4.31 Å². The Balaban J connectivity index is 1.86. The summed E-state index contributed by atoms with van der Waals surface area (Å²) in [5.74, 6) is -0.490. The zero-order chi connectivity index (χ0) is 24.2. The van der Waals surface area contributed by atoms with Gasteiger partial charge in [0, 0.05) is 24.3 Å². The molecule has 0 bridgehead atoms. The van der Waals surface area contributed by atoms with Crippen LogP contribution in [-0.2, 0) is 24.8 Å². The largest absolute Gasteiger partial charge is 0.379 e. The smallest absolute Gasteiger partial charge is 0.255 e. The Morgan fingerprint density at radius 1 is 1.03 bits per heavy atom. The van der Waals surface area contributed by atoms with Crippen LogP contribution in [0.3, 0.4) is 0 Å². The molecule has 0 spiro atoms. The second kappa shape index (κ2) is 10.2. The topological polar surface area (TPSA) is 122 Å². The molecule has 0 aromatic heterocycles. The van der Waals surface area contributed by atoms with Gasteiger partial charge < -0.3 is 10.1 Å². The molecule has 0 unspecified atom stereocenters. The van der Waals surface area contributed by atoms with Crippen molar-refractivity contribution in [2.75, 3.05) is 42.1 Å². The lowest BCUT2D eigenvalue weighted by Gasteiger charge is -2.26. The molecule has 0 atom stereocenters. The number of aryl methyl sites for hydroxylation is 1. The van der Waals surface area contributed by atoms with E-state index in [0.717, 1.165) is 0 Å². The van der Waals surface area contributed by atoms with E-state index in [0.29, 0.717) is 42.1 Å². The Kier molecular flexibility index (Phi) is 7.78. The standard InChI is InChI=1S/C22H29N3O6S2/c1-4-14-32(27,28)24-21-7-5-6-20(17(21)3)23-22(26)19-15-18(9-8-16(19)2)33(29,30)25-10-12-31-13-11-25/h5-9,15,24H,4,10-14H2,1-3H3,(H,23,26). The molecule has 180 valence electrons. The van der Waals surface area contributed by atoms with Crippen molar-refractivity contribution in [3.8, 4) is 0 Å². The van der Waals surface area contributed by atoms with Crippen LogP contribution < -0.4 is 10.0 Å². The number of benzene rings is 2. The number of sulfonamides is 2. The van der Waals surface area contributed by atoms with Gasteiger partial charge in [0.1, 0.15) is 0 Å². The lowest BCUT2D eigenvalue weighted by atomic mass is 10.1. The maximum absolute atomic E-state index is 13.1. The Labute approximate surface area is 195 Å². The first-order valence-electron chi connectivity index (χ1n) is 10.6. The van der Waals surface area contributed by atoms with E-state index < -0.39 is 26.0 Å². The molecule has 1 aliphatic rings. The summed E-state index contributed by atoms with van der Waals surface area (Å²) < 4.78 is 59.4. The second-order valence-electron chi connectivity index (χ2n) is 7.85. The summed E-state index contributed by atoms with van der Waals surface area (Å²) in [5, 5.41) is 2.78. The summed E-state index contributed by atoms with van der Waals surface area (Å²) in [6, 6.07) is 9.39. The van der Waals surface area contributed by atoms with Gasteiger partial charge in [-0.3, -0.25) is 9.52 Å². The molecule has 2 N–H and O–H groups in total. The van der Waals surface area contributed by atoms with Gasteiger partial charge in [-0.2, -0.15) is 4.31 Å². The average molecular weight is 496 g/mol. The van der Waals surface area contributed by atoms with Crippen LogP contribution >= 0.6 is 0 Å². The molecule has 1 amide bonds. The molecule has 1 saturated heterocycles. The van der Waals surface area contributed by atoms with E-state index in [2.05, 4.69) is 10.0 Å². The molecular weight excluding hydrogens is 466 g/mol. The molecule has 11 heteroatoms. The lowest BCUT2D eigenvalue weighted by Crippen LogP contribution is -2.40. The number of amides is 1. The van der Waals surface area contributed by atoms with Crippen LogP contribution in [0.2, 0.25) is 0 Å². The van der Waals surface area contributed by atoms with Crippen molar-refractivity contribution in [3.05, 3.63) is 53.1 Å². The summed E-state index contributed by atoms with van der Waals surface area (Å²) in [6.07, 6.45) is 0.480. The van der Waals surface area contributed by atoms with Gasteiger partial charge in [0.05, 0.1) is 29.5 Å². The van der Waals surface area contributed by atoms with Crippen LogP contribution in [0.5, 0.6) is 0 Å². The Morgan fingerprint density at radius 2 is 1.70 bits per heavy atom. The summed E-state index contributed by atoms with van der Waals surface area (Å²) >= 11 is 0. The maximum atomic E-state index is 13.1. The molecular formula is C22H29N3O6S2. The number of ether oxygens (including phenoxy) is 1. The van der Waals surface area contributed by atoms with E-state index in [1.807, 2.05) is 0 Å². The van der Waals surface area contributed by atoms with Crippen molar-refractivity contribution in [1.29, 1.82) is 0 Å². The number of carbonyl (C=O) groups is 1. The Bertz CT molecular complexity index is 1240. The molecule has 9 nitrogen and oxygen atoms in total. The number of nitrogens with zero attached hydrogens (tertiary/aromatic N) is 1. The van der Waals surface area contributed by atoms with Crippen LogP contribution in [-0.4, -0.2) is 59.1 Å². The average Bonchev–Trinajstić information content (AvgIpc) is 2.77. The summed E-state index contributed by atoms with van der Waals surface area (Å²) in [5.41, 5.74) is 2.20. The van der Waals surface area contributed by atoms with Gasteiger partial charge in [0.2, 0.25) is 20.0 Å². The number of rotatable bonds is 8. The van der Waals surface area contributed by atoms with Crippen molar-refractivity contribution in [2.45, 2.75) is 32.1 Å². The van der Waals surface area contributed by atoms with Gasteiger partial charge in [-0.05, 0) is 55.7 Å². The molecule has 1 aliphatic heterocycles. The Hall–Kier alpha value is -2.47. The van der Waals surface area contributed by atoms with Gasteiger partial charge in [-0.25, -0.2) is 16.8 Å². The van der Waals surface area contributed by atoms with Crippen molar-refractivity contribution in [2.24, 2.45) is 0 Å². The normalized spacial score (nSPS) is 15.2. The predicted octanol–water partition coefficient (Wildman–Crippen LogP) is 2.73. The first-order valence-corrected chi connectivity index (χ1v) is 13.7. The number of hydrogen-bond acceptors (Lipinski definition) is 6. The second-order valence-corrected chi connectivity index (χ2v) is 11.6. The minimum atomic E-state index is -3.75. The molecule has 0 radical (unpaired) electrons. The quantitative estimate of drug-likeness (QED) is 0.581. The molecule has 2 aromatic rings. The van der Waals surface area contributed by atoms with Gasteiger partial charge in [0.25, 0.3) is 5.91 Å². The number of carbonyl (C=O) groups excluding carboxylic acids is 1. The minimum absolute atomic E-state index is 0.00731. The third kappa shape index (κ3) is 5.91. The summed E-state index contributed by atoms with van der Waals surface area (Å²) in [4.78, 5) is 13.1. The zero-order valence-electron chi connectivity index (χ0n) is 18.9. The fraction of sp³-hybridized carbons (Fsp3) is 0.409. The van der Waals surface area contributed by atoms with Crippen LogP contribution in [0.25, 0.3) is 0 Å². The molecule has 0 aliphatic carbocycles. The predicted molar refractivity (Wildman–Crippen MR) is 128 cm³/mol. The number of morpholine rings is 1. The molecule has 1 heterocycles. The SMILES string of the molecule is CCCS(=O)(=O)Nc1cccc(NC(=O)c2cc(S(=O)(=O)N3CCOCC3)ccc2C)c1C. The van der Waals surface area contributed by atoms with E-state index in [4.69, 9.17) is 4.74 Å². The van der Waals surface area contributed by atoms with Crippen molar-refractivity contribution >= 4 is 37.3 Å². The highest BCUT2D eigenvalue weighted by atomic mass is 32.2. The van der Waals surface area contributed by atoms with E-state index in [9.17, 15) is 21.6 Å². The monoisotopic (exact) mass is 495 g/mol. The van der Waals surface area contributed by atoms with Crippen LogP contribution in [0.4, 0.5) is 11.4 Å². The highest BCUT2D eigenvalue weighted by molar-refractivity contribution is 7.92. The molecule has 2 aromatic carbocycles. The third-order valence-electron chi connectivity index (χ3n) is 5.38. The third-order valence-corrected chi connectivity index (χ3v) is 8.75. The van der Waals surface area contributed by atoms with E-state index >= 15 is 0 Å². The van der Waals surface area contributed by atoms with Crippen LogP contribution in [0, 0.1) is 13.8 Å². The number of nitrogens with one attached hydrogen (secondary N) is 2. The van der Waals surface area contributed by atoms with Gasteiger partial charge in [-0.1, -0.05) is 19.1 Å². The van der Waals surface area contributed by atoms with Gasteiger partial charge in [0.15, 0.2) is 0 Å². The van der Waals surface area contributed by atoms with Gasteiger partial charge >= 0.3 is 0 Å². The van der Waals surface area contributed by atoms with Crippen LogP contribution in [0.1, 0.15) is 34.8 Å². The van der Waals surface area contributed by atoms with E-state index in [1.54, 1.807) is 45.0 Å². The fourth-order valence-electron chi connectivity index (χ4n) is 3.50. The van der Waals surface area contributed by atoms with Crippen LogP contribution in [0.15, 0.2) is 41.3 Å². The maximum Gasteiger partial charge on any atom is 0.255 e. The zero-order valence-corrected chi connectivity index (χ0v) is 20.6. The highest BCUT2D eigenvalue weighted by Gasteiger charge is 2.27. The van der Waals surface area contributed by atoms with Gasteiger partial charge in [-0.15, -0.1) is 0 Å². The molecule has 33 heavy (non-hydrogen) atoms. The Morgan fingerprint density at radius 3 is 2.36 bits per heavy atom. The van der Waals surface area contributed by atoms with Crippen molar-refractivity contribution in [3.63, 3.8) is 0 Å². The highest BCUT2D eigenvalue weighted by Crippen LogP contribution is 2.26. The summed E-state index contributed by atoms with van der Waals surface area (Å²) in [7, 11) is -7.24. The molecule has 1 fully saturated rings. The molecule has 3 rings (SSSR count). The first kappa shape index (κ1) is 25.2. The van der Waals surface area contributed by atoms with E-state index in [-0.39, 0.29) is 29.3 Å². The summed E-state index contributed by atoms with van der Waals surface area (Å²) in [6.45, 7) is 6.38.